The van der Waals surface area contributed by atoms with Crippen LogP contribution >= 0.6 is 11.6 Å². The zero-order valence-electron chi connectivity index (χ0n) is 12.1. The van der Waals surface area contributed by atoms with Gasteiger partial charge in [-0.2, -0.15) is 0 Å². The number of hydrogen-bond acceptors (Lipinski definition) is 2. The van der Waals surface area contributed by atoms with Crippen LogP contribution < -0.4 is 0 Å². The molecule has 1 saturated heterocycles. The molecule has 110 valence electrons. The van der Waals surface area contributed by atoms with E-state index in [-0.39, 0.29) is 5.60 Å². The van der Waals surface area contributed by atoms with Crippen molar-refractivity contribution in [3.63, 3.8) is 0 Å². The van der Waals surface area contributed by atoms with Crippen LogP contribution in [0.4, 0.5) is 0 Å². The summed E-state index contributed by atoms with van der Waals surface area (Å²) in [6.07, 6.45) is 14.0. The van der Waals surface area contributed by atoms with Crippen molar-refractivity contribution in [3.8, 4) is 0 Å². The Balaban J connectivity index is 1.53. The SMILES string of the molecule is ClCCN(CC1CCC2(CCCC2)O1)C1CCCC1. The lowest BCUT2D eigenvalue weighted by atomic mass is 9.98. The lowest BCUT2D eigenvalue weighted by molar-refractivity contribution is -0.0505. The molecule has 2 nitrogen and oxygen atoms in total. The van der Waals surface area contributed by atoms with Crippen molar-refractivity contribution in [2.45, 2.75) is 82.0 Å². The fraction of sp³-hybridized carbons (Fsp3) is 1.00. The Hall–Kier alpha value is 0.210. The number of hydrogen-bond donors (Lipinski definition) is 0. The lowest BCUT2D eigenvalue weighted by Crippen LogP contribution is -2.41. The van der Waals surface area contributed by atoms with Crippen LogP contribution in [0.25, 0.3) is 0 Å². The Kier molecular flexibility index (Phi) is 4.71. The van der Waals surface area contributed by atoms with E-state index in [0.717, 1.165) is 25.0 Å². The molecule has 3 aliphatic rings. The Morgan fingerprint density at radius 2 is 1.74 bits per heavy atom. The van der Waals surface area contributed by atoms with Gasteiger partial charge in [0.15, 0.2) is 0 Å². The van der Waals surface area contributed by atoms with E-state index in [1.165, 1.54) is 64.2 Å². The summed E-state index contributed by atoms with van der Waals surface area (Å²) in [6, 6.07) is 0.780. The van der Waals surface area contributed by atoms with E-state index in [0.29, 0.717) is 6.10 Å². The monoisotopic (exact) mass is 285 g/mol. The van der Waals surface area contributed by atoms with Crippen molar-refractivity contribution >= 4 is 11.6 Å². The molecule has 19 heavy (non-hydrogen) atoms. The highest BCUT2D eigenvalue weighted by Crippen LogP contribution is 2.43. The summed E-state index contributed by atoms with van der Waals surface area (Å²) in [5.41, 5.74) is 0.285. The third-order valence-electron chi connectivity index (χ3n) is 5.50. The summed E-state index contributed by atoms with van der Waals surface area (Å²) in [5, 5.41) is 0. The average molecular weight is 286 g/mol. The minimum atomic E-state index is 0.285. The number of nitrogens with zero attached hydrogens (tertiary/aromatic N) is 1. The predicted molar refractivity (Wildman–Crippen MR) is 79.9 cm³/mol. The first kappa shape index (κ1) is 14.2. The maximum absolute atomic E-state index is 6.46. The van der Waals surface area contributed by atoms with Gasteiger partial charge in [0.2, 0.25) is 0 Å². The third kappa shape index (κ3) is 3.28. The molecule has 2 saturated carbocycles. The van der Waals surface area contributed by atoms with E-state index in [4.69, 9.17) is 16.3 Å². The predicted octanol–water partition coefficient (Wildman–Crippen LogP) is 3.96. The van der Waals surface area contributed by atoms with Crippen LogP contribution in [0.3, 0.4) is 0 Å². The minimum absolute atomic E-state index is 0.285. The molecule has 1 spiro atoms. The first-order chi connectivity index (χ1) is 9.31. The smallest absolute Gasteiger partial charge is 0.0710 e. The van der Waals surface area contributed by atoms with E-state index in [2.05, 4.69) is 4.90 Å². The molecule has 0 aromatic rings. The summed E-state index contributed by atoms with van der Waals surface area (Å²) in [6.45, 7) is 2.16. The van der Waals surface area contributed by atoms with E-state index >= 15 is 0 Å². The maximum Gasteiger partial charge on any atom is 0.0710 e. The maximum atomic E-state index is 6.46. The number of halogens is 1. The van der Waals surface area contributed by atoms with Crippen molar-refractivity contribution in [2.24, 2.45) is 0 Å². The van der Waals surface area contributed by atoms with Crippen molar-refractivity contribution in [1.82, 2.24) is 4.90 Å². The number of alkyl halides is 1. The van der Waals surface area contributed by atoms with Gasteiger partial charge in [0.1, 0.15) is 0 Å². The van der Waals surface area contributed by atoms with Gasteiger partial charge in [-0.05, 0) is 38.5 Å². The van der Waals surface area contributed by atoms with Gasteiger partial charge >= 0.3 is 0 Å². The normalized spacial score (nSPS) is 30.9. The van der Waals surface area contributed by atoms with Crippen LogP contribution in [0.2, 0.25) is 0 Å². The van der Waals surface area contributed by atoms with E-state index in [9.17, 15) is 0 Å². The summed E-state index contributed by atoms with van der Waals surface area (Å²) in [5.74, 6) is 0.758. The number of rotatable bonds is 5. The molecule has 1 unspecified atom stereocenters. The molecule has 1 heterocycles. The average Bonchev–Trinajstić information content (AvgIpc) is 3.14. The van der Waals surface area contributed by atoms with Gasteiger partial charge in [0.05, 0.1) is 11.7 Å². The van der Waals surface area contributed by atoms with Crippen molar-refractivity contribution in [1.29, 1.82) is 0 Å². The highest BCUT2D eigenvalue weighted by molar-refractivity contribution is 6.18. The molecular weight excluding hydrogens is 258 g/mol. The third-order valence-corrected chi connectivity index (χ3v) is 5.67. The number of ether oxygens (including phenoxy) is 1. The minimum Gasteiger partial charge on any atom is -0.370 e. The largest absolute Gasteiger partial charge is 0.370 e. The zero-order valence-corrected chi connectivity index (χ0v) is 12.8. The highest BCUT2D eigenvalue weighted by atomic mass is 35.5. The van der Waals surface area contributed by atoms with Crippen LogP contribution in [0.15, 0.2) is 0 Å². The fourth-order valence-corrected chi connectivity index (χ4v) is 4.69. The quantitative estimate of drug-likeness (QED) is 0.709. The molecule has 2 aliphatic carbocycles. The topological polar surface area (TPSA) is 12.5 Å². The molecule has 1 aliphatic heterocycles. The van der Waals surface area contributed by atoms with Crippen molar-refractivity contribution in [2.75, 3.05) is 19.0 Å². The van der Waals surface area contributed by atoms with Crippen molar-refractivity contribution in [3.05, 3.63) is 0 Å². The summed E-state index contributed by atoms with van der Waals surface area (Å²) in [4.78, 5) is 2.62. The molecule has 0 aromatic carbocycles. The first-order valence-electron chi connectivity index (χ1n) is 8.29. The first-order valence-corrected chi connectivity index (χ1v) is 8.83. The second kappa shape index (κ2) is 6.32. The van der Waals surface area contributed by atoms with E-state index in [1.807, 2.05) is 0 Å². The zero-order chi connectivity index (χ0) is 13.1. The molecule has 0 N–H and O–H groups in total. The van der Waals surface area contributed by atoms with Gasteiger partial charge in [-0.1, -0.05) is 25.7 Å². The van der Waals surface area contributed by atoms with E-state index < -0.39 is 0 Å². The Labute approximate surface area is 122 Å². The standard InChI is InChI=1S/C16H28ClNO/c17-11-12-18(14-5-1-2-6-14)13-15-7-10-16(19-15)8-3-4-9-16/h14-15H,1-13H2. The molecule has 0 bridgehead atoms. The summed E-state index contributed by atoms with van der Waals surface area (Å²) in [7, 11) is 0. The molecule has 0 radical (unpaired) electrons. The molecule has 0 aromatic heterocycles. The van der Waals surface area contributed by atoms with Crippen LogP contribution in [0.5, 0.6) is 0 Å². The molecule has 3 fully saturated rings. The van der Waals surface area contributed by atoms with Gasteiger partial charge in [-0.25, -0.2) is 0 Å². The lowest BCUT2D eigenvalue weighted by Gasteiger charge is -2.31. The van der Waals surface area contributed by atoms with Gasteiger partial charge < -0.3 is 4.74 Å². The van der Waals surface area contributed by atoms with Gasteiger partial charge in [-0.3, -0.25) is 4.90 Å². The molecule has 0 amide bonds. The van der Waals surface area contributed by atoms with Gasteiger partial charge in [-0.15, -0.1) is 11.6 Å². The molecule has 1 atom stereocenters. The summed E-state index contributed by atoms with van der Waals surface area (Å²) < 4.78 is 6.46. The molecule has 3 heteroatoms. The van der Waals surface area contributed by atoms with Crippen LogP contribution in [-0.2, 0) is 4.74 Å². The second-order valence-corrected chi connectivity index (χ2v) is 7.17. The van der Waals surface area contributed by atoms with Crippen LogP contribution in [0, 0.1) is 0 Å². The molecular formula is C16H28ClNO. The Morgan fingerprint density at radius 1 is 1.00 bits per heavy atom. The Bertz CT molecular complexity index is 284. The fourth-order valence-electron chi connectivity index (χ4n) is 4.47. The highest BCUT2D eigenvalue weighted by Gasteiger charge is 2.42. The summed E-state index contributed by atoms with van der Waals surface area (Å²) >= 11 is 6.00. The van der Waals surface area contributed by atoms with E-state index in [1.54, 1.807) is 0 Å². The van der Waals surface area contributed by atoms with Crippen molar-refractivity contribution < 1.29 is 4.74 Å². The van der Waals surface area contributed by atoms with Gasteiger partial charge in [0, 0.05) is 25.0 Å². The van der Waals surface area contributed by atoms with Gasteiger partial charge in [0.25, 0.3) is 0 Å². The molecule has 3 rings (SSSR count). The second-order valence-electron chi connectivity index (χ2n) is 6.79. The van der Waals surface area contributed by atoms with Crippen LogP contribution in [0.1, 0.15) is 64.2 Å². The van der Waals surface area contributed by atoms with Crippen LogP contribution in [-0.4, -0.2) is 41.6 Å². The Morgan fingerprint density at radius 3 is 2.42 bits per heavy atom.